The van der Waals surface area contributed by atoms with Crippen LogP contribution in [0.1, 0.15) is 59.5 Å². The Bertz CT molecular complexity index is 955. The zero-order valence-corrected chi connectivity index (χ0v) is 15.6. The number of nitrogens with two attached hydrogens (primary N) is 2. The van der Waals surface area contributed by atoms with Crippen molar-refractivity contribution in [1.82, 2.24) is 0 Å². The first kappa shape index (κ1) is 24.2. The molecule has 0 aromatic heterocycles. The van der Waals surface area contributed by atoms with Crippen molar-refractivity contribution in [3.8, 4) is 0 Å². The highest BCUT2D eigenvalue weighted by atomic mass is 16.4. The molecule has 0 aliphatic carbocycles. The highest BCUT2D eigenvalue weighted by Crippen LogP contribution is 2.35. The molecule has 0 bridgehead atoms. The van der Waals surface area contributed by atoms with Crippen molar-refractivity contribution in [2.45, 2.75) is 18.5 Å². The Morgan fingerprint density at radius 3 is 1.23 bits per heavy atom. The number of carboxylic acid groups (broad SMARTS) is 4. The molecule has 0 heterocycles. The molecule has 0 saturated heterocycles. The van der Waals surface area contributed by atoms with Crippen LogP contribution in [0.5, 0.6) is 0 Å². The van der Waals surface area contributed by atoms with Gasteiger partial charge in [-0.05, 0) is 42.3 Å². The van der Waals surface area contributed by atoms with Crippen LogP contribution in [0.4, 0.5) is 0 Å². The summed E-state index contributed by atoms with van der Waals surface area (Å²) in [6.07, 6.45) is -1.17. The van der Waals surface area contributed by atoms with Crippen molar-refractivity contribution >= 4 is 23.9 Å². The average Bonchev–Trinajstić information content (AvgIpc) is 2.65. The molecule has 0 fully saturated rings. The van der Waals surface area contributed by atoms with E-state index in [1.165, 1.54) is 19.1 Å². The van der Waals surface area contributed by atoms with Crippen LogP contribution < -0.4 is 11.5 Å². The predicted octanol–water partition coefficient (Wildman–Crippen LogP) is 0.204. The van der Waals surface area contributed by atoms with E-state index < -0.39 is 57.7 Å². The third-order valence-electron chi connectivity index (χ3n) is 4.83. The van der Waals surface area contributed by atoms with Crippen LogP contribution in [-0.4, -0.2) is 55.9 Å². The van der Waals surface area contributed by atoms with Crippen LogP contribution in [-0.2, 0) is 5.41 Å². The minimum Gasteiger partial charge on any atom is -0.478 e. The molecule has 0 aliphatic rings. The SMILES string of the molecule is CC(c1ccc(C(=O)O)c(C(=O)O)c1)(c1ccc(C(=O)O)c(C(=O)O)c1)C(N)N.O. The standard InChI is InChI=1S/C19H18N2O8.H2O/c1-19(18(20)21,8-2-4-10(14(22)23)12(6-8)16(26)27)9-3-5-11(15(24)25)13(7-9)17(28)29;/h2-7,18H,20-21H2,1H3,(H,22,23)(H,24,25)(H,26,27)(H,28,29);1H2. The van der Waals surface area contributed by atoms with Crippen molar-refractivity contribution < 1.29 is 45.1 Å². The summed E-state index contributed by atoms with van der Waals surface area (Å²) in [5.74, 6) is -5.84. The van der Waals surface area contributed by atoms with E-state index in [1.807, 2.05) is 0 Å². The Labute approximate surface area is 169 Å². The topological polar surface area (TPSA) is 233 Å². The van der Waals surface area contributed by atoms with E-state index in [0.717, 1.165) is 24.3 Å². The third kappa shape index (κ3) is 4.12. The maximum absolute atomic E-state index is 11.5. The summed E-state index contributed by atoms with van der Waals surface area (Å²) in [6.45, 7) is 1.51. The number of aromatic carboxylic acids is 4. The maximum atomic E-state index is 11.5. The third-order valence-corrected chi connectivity index (χ3v) is 4.83. The molecule has 2 aromatic rings. The molecule has 11 heteroatoms. The highest BCUT2D eigenvalue weighted by Gasteiger charge is 2.36. The Morgan fingerprint density at radius 1 is 0.700 bits per heavy atom. The highest BCUT2D eigenvalue weighted by molar-refractivity contribution is 6.02. The Kier molecular flexibility index (Phi) is 7.02. The van der Waals surface area contributed by atoms with Crippen LogP contribution >= 0.6 is 0 Å². The lowest BCUT2D eigenvalue weighted by Crippen LogP contribution is -2.50. The second-order valence-corrected chi connectivity index (χ2v) is 6.47. The van der Waals surface area contributed by atoms with Crippen molar-refractivity contribution in [3.05, 3.63) is 69.8 Å². The summed E-state index contributed by atoms with van der Waals surface area (Å²) >= 11 is 0. The Balaban J connectivity index is 0.00000450. The largest absolute Gasteiger partial charge is 0.478 e. The molecule has 0 aliphatic heterocycles. The van der Waals surface area contributed by atoms with Gasteiger partial charge in [0.05, 0.1) is 28.4 Å². The molecule has 0 saturated carbocycles. The van der Waals surface area contributed by atoms with Gasteiger partial charge in [-0.2, -0.15) is 0 Å². The first-order valence-corrected chi connectivity index (χ1v) is 8.14. The van der Waals surface area contributed by atoms with Gasteiger partial charge in [-0.25, -0.2) is 19.2 Å². The number of rotatable bonds is 7. The van der Waals surface area contributed by atoms with Gasteiger partial charge in [-0.15, -0.1) is 0 Å². The lowest BCUT2D eigenvalue weighted by atomic mass is 9.72. The fourth-order valence-corrected chi connectivity index (χ4v) is 3.01. The van der Waals surface area contributed by atoms with Gasteiger partial charge < -0.3 is 37.4 Å². The van der Waals surface area contributed by atoms with E-state index in [2.05, 4.69) is 0 Å². The lowest BCUT2D eigenvalue weighted by Gasteiger charge is -2.35. The number of carbonyl (C=O) groups is 4. The molecule has 0 unspecified atom stereocenters. The lowest BCUT2D eigenvalue weighted by molar-refractivity contribution is 0.0651. The quantitative estimate of drug-likeness (QED) is 0.333. The van der Waals surface area contributed by atoms with Crippen LogP contribution in [0, 0.1) is 0 Å². The van der Waals surface area contributed by atoms with Gasteiger partial charge in [0.25, 0.3) is 0 Å². The Morgan fingerprint density at radius 2 is 1.00 bits per heavy atom. The molecule has 2 rings (SSSR count). The summed E-state index contributed by atoms with van der Waals surface area (Å²) in [6, 6.07) is 7.04. The van der Waals surface area contributed by atoms with Crippen molar-refractivity contribution in [2.24, 2.45) is 11.5 Å². The minimum absolute atomic E-state index is 0. The molecule has 0 spiro atoms. The summed E-state index contributed by atoms with van der Waals surface area (Å²) < 4.78 is 0. The molecule has 2 aromatic carbocycles. The van der Waals surface area contributed by atoms with Crippen molar-refractivity contribution in [3.63, 3.8) is 0 Å². The van der Waals surface area contributed by atoms with E-state index in [0.29, 0.717) is 0 Å². The van der Waals surface area contributed by atoms with Gasteiger partial charge in [-0.1, -0.05) is 12.1 Å². The average molecular weight is 420 g/mol. The van der Waals surface area contributed by atoms with Gasteiger partial charge in [0.1, 0.15) is 0 Å². The van der Waals surface area contributed by atoms with E-state index in [-0.39, 0.29) is 16.6 Å². The summed E-state index contributed by atoms with van der Waals surface area (Å²) in [4.78, 5) is 45.6. The predicted molar refractivity (Wildman–Crippen MR) is 103 cm³/mol. The van der Waals surface area contributed by atoms with E-state index in [1.54, 1.807) is 0 Å². The van der Waals surface area contributed by atoms with Crippen LogP contribution in [0.25, 0.3) is 0 Å². The molecule has 0 atom stereocenters. The fraction of sp³-hybridized carbons (Fsp3) is 0.158. The first-order chi connectivity index (χ1) is 13.4. The zero-order valence-electron chi connectivity index (χ0n) is 15.6. The minimum atomic E-state index is -1.48. The molecular formula is C19H20N2O9. The number of benzene rings is 2. The summed E-state index contributed by atoms with van der Waals surface area (Å²) in [5.41, 5.74) is 9.06. The van der Waals surface area contributed by atoms with Gasteiger partial charge in [-0.3, -0.25) is 0 Å². The molecule has 10 N–H and O–H groups in total. The van der Waals surface area contributed by atoms with Crippen LogP contribution in [0.15, 0.2) is 36.4 Å². The zero-order chi connectivity index (χ0) is 22.1. The number of carboxylic acids is 4. The summed E-state index contributed by atoms with van der Waals surface area (Å²) in [7, 11) is 0. The van der Waals surface area contributed by atoms with E-state index >= 15 is 0 Å². The first-order valence-electron chi connectivity index (χ1n) is 8.14. The van der Waals surface area contributed by atoms with Crippen LogP contribution in [0.2, 0.25) is 0 Å². The summed E-state index contributed by atoms with van der Waals surface area (Å²) in [5, 5.41) is 37.1. The van der Waals surface area contributed by atoms with Crippen molar-refractivity contribution in [1.29, 1.82) is 0 Å². The molecule has 0 radical (unpaired) electrons. The van der Waals surface area contributed by atoms with E-state index in [4.69, 9.17) is 11.5 Å². The van der Waals surface area contributed by atoms with Gasteiger partial charge in [0.2, 0.25) is 0 Å². The second-order valence-electron chi connectivity index (χ2n) is 6.47. The smallest absolute Gasteiger partial charge is 0.336 e. The molecule has 0 amide bonds. The molecular weight excluding hydrogens is 400 g/mol. The molecule has 30 heavy (non-hydrogen) atoms. The van der Waals surface area contributed by atoms with Crippen LogP contribution in [0.3, 0.4) is 0 Å². The monoisotopic (exact) mass is 420 g/mol. The van der Waals surface area contributed by atoms with E-state index in [9.17, 15) is 39.6 Å². The second kappa shape index (κ2) is 8.69. The van der Waals surface area contributed by atoms with Gasteiger partial charge in [0.15, 0.2) is 0 Å². The number of hydrogen-bond acceptors (Lipinski definition) is 6. The number of hydrogen-bond donors (Lipinski definition) is 6. The Hall–Kier alpha value is -3.80. The molecule has 11 nitrogen and oxygen atoms in total. The van der Waals surface area contributed by atoms with Crippen molar-refractivity contribution in [2.75, 3.05) is 0 Å². The van der Waals surface area contributed by atoms with Gasteiger partial charge in [0, 0.05) is 5.41 Å². The fourth-order valence-electron chi connectivity index (χ4n) is 3.01. The van der Waals surface area contributed by atoms with Gasteiger partial charge >= 0.3 is 23.9 Å². The maximum Gasteiger partial charge on any atom is 0.336 e. The normalized spacial score (nSPS) is 10.9. The molecule has 160 valence electrons.